The molecule has 0 unspecified atom stereocenters. The van der Waals surface area contributed by atoms with Gasteiger partial charge in [0.2, 0.25) is 0 Å². The number of hydrogen-bond acceptors (Lipinski definition) is 12. The normalized spacial score (nSPS) is 16.4. The molecule has 0 amide bonds. The van der Waals surface area contributed by atoms with Gasteiger partial charge in [-0.2, -0.15) is 0 Å². The molecular formula is C31H34O12. The first kappa shape index (κ1) is 29.7. The molecule has 0 N–H and O–H groups in total. The van der Waals surface area contributed by atoms with Gasteiger partial charge in [0, 0.05) is 18.1 Å². The Morgan fingerprint density at radius 1 is 0.721 bits per heavy atom. The van der Waals surface area contributed by atoms with Crippen molar-refractivity contribution in [2.24, 2.45) is 0 Å². The lowest BCUT2D eigenvalue weighted by atomic mass is 9.90. The number of esters is 2. The summed E-state index contributed by atoms with van der Waals surface area (Å²) in [5, 5.41) is 1.16. The molecule has 2 aliphatic rings. The minimum absolute atomic E-state index is 0.0733. The van der Waals surface area contributed by atoms with E-state index in [1.807, 2.05) is 0 Å². The molecule has 1 atom stereocenters. The van der Waals surface area contributed by atoms with Crippen LogP contribution in [0.25, 0.3) is 10.8 Å². The molecule has 0 aliphatic carbocycles. The molecule has 0 bridgehead atoms. The largest absolute Gasteiger partial charge is 0.496 e. The average molecular weight is 599 g/mol. The van der Waals surface area contributed by atoms with Gasteiger partial charge in [-0.1, -0.05) is 6.07 Å². The van der Waals surface area contributed by atoms with E-state index in [0.29, 0.717) is 75.0 Å². The molecule has 5 rings (SSSR count). The van der Waals surface area contributed by atoms with Crippen LogP contribution in [-0.4, -0.2) is 74.6 Å². The molecule has 3 aromatic rings. The summed E-state index contributed by atoms with van der Waals surface area (Å²) in [5.74, 6) is 0.707. The number of methoxy groups -OCH3 is 8. The van der Waals surface area contributed by atoms with Crippen molar-refractivity contribution < 1.29 is 57.0 Å². The SMILES string of the molecule is COC(=O)Cc1cc2c(c(OC)c1C(=O)OC)O[C@]1(CC2)Cc2c(c(OC)c3c(OC)c(OC)cc(OC)c3c2OC)O1. The van der Waals surface area contributed by atoms with Crippen molar-refractivity contribution in [2.75, 3.05) is 56.9 Å². The minimum atomic E-state index is -1.21. The van der Waals surface area contributed by atoms with E-state index in [4.69, 9.17) is 47.4 Å². The summed E-state index contributed by atoms with van der Waals surface area (Å²) in [4.78, 5) is 25.1. The summed E-state index contributed by atoms with van der Waals surface area (Å²) in [6.07, 6.45) is 1.04. The van der Waals surface area contributed by atoms with Crippen molar-refractivity contribution in [1.29, 1.82) is 0 Å². The zero-order chi connectivity index (χ0) is 31.1. The Bertz CT molecular complexity index is 1610. The van der Waals surface area contributed by atoms with Gasteiger partial charge in [-0.25, -0.2) is 4.79 Å². The molecule has 0 fully saturated rings. The second kappa shape index (κ2) is 11.5. The Kier molecular flexibility index (Phi) is 7.96. The molecule has 1 spiro atoms. The quantitative estimate of drug-likeness (QED) is 0.330. The first-order valence-electron chi connectivity index (χ1n) is 13.4. The van der Waals surface area contributed by atoms with Crippen LogP contribution in [0.3, 0.4) is 0 Å². The summed E-state index contributed by atoms with van der Waals surface area (Å²) >= 11 is 0. The maximum Gasteiger partial charge on any atom is 0.342 e. The zero-order valence-electron chi connectivity index (χ0n) is 25.4. The van der Waals surface area contributed by atoms with Crippen LogP contribution in [0.4, 0.5) is 0 Å². The van der Waals surface area contributed by atoms with Crippen LogP contribution in [0.2, 0.25) is 0 Å². The van der Waals surface area contributed by atoms with E-state index < -0.39 is 17.7 Å². The van der Waals surface area contributed by atoms with Gasteiger partial charge in [0.25, 0.3) is 5.79 Å². The van der Waals surface area contributed by atoms with E-state index in [0.717, 1.165) is 5.56 Å². The number of aryl methyl sites for hydroxylation is 1. The minimum Gasteiger partial charge on any atom is -0.496 e. The number of carbonyl (C=O) groups excluding carboxylic acids is 2. The first-order chi connectivity index (χ1) is 20.7. The maximum atomic E-state index is 12.9. The molecular weight excluding hydrogens is 564 g/mol. The van der Waals surface area contributed by atoms with Crippen LogP contribution in [-0.2, 0) is 33.5 Å². The second-order valence-electron chi connectivity index (χ2n) is 9.91. The Hall–Kier alpha value is -4.74. The monoisotopic (exact) mass is 598 g/mol. The number of benzene rings is 3. The van der Waals surface area contributed by atoms with Gasteiger partial charge in [0.15, 0.2) is 34.5 Å². The van der Waals surface area contributed by atoms with Gasteiger partial charge >= 0.3 is 11.9 Å². The fourth-order valence-electron chi connectivity index (χ4n) is 5.96. The number of ether oxygens (including phenoxy) is 10. The van der Waals surface area contributed by atoms with Crippen molar-refractivity contribution in [2.45, 2.75) is 31.5 Å². The van der Waals surface area contributed by atoms with Crippen molar-refractivity contribution in [3.8, 4) is 46.0 Å². The number of rotatable bonds is 9. The summed E-state index contributed by atoms with van der Waals surface area (Å²) in [6.45, 7) is 0. The van der Waals surface area contributed by atoms with Gasteiger partial charge in [0.05, 0.1) is 80.5 Å². The first-order valence-corrected chi connectivity index (χ1v) is 13.4. The van der Waals surface area contributed by atoms with Crippen LogP contribution in [0, 0.1) is 0 Å². The van der Waals surface area contributed by atoms with Crippen LogP contribution in [0.1, 0.15) is 33.5 Å². The summed E-state index contributed by atoms with van der Waals surface area (Å²) in [6, 6.07) is 3.47. The highest BCUT2D eigenvalue weighted by atomic mass is 16.7. The third-order valence-corrected chi connectivity index (χ3v) is 7.82. The average Bonchev–Trinajstić information content (AvgIpc) is 3.39. The molecule has 2 heterocycles. The lowest BCUT2D eigenvalue weighted by Gasteiger charge is -2.36. The summed E-state index contributed by atoms with van der Waals surface area (Å²) in [5.41, 5.74) is 1.93. The smallest absolute Gasteiger partial charge is 0.342 e. The molecule has 3 aromatic carbocycles. The van der Waals surface area contributed by atoms with Crippen LogP contribution in [0.15, 0.2) is 12.1 Å². The van der Waals surface area contributed by atoms with Gasteiger partial charge in [-0.05, 0) is 17.5 Å². The van der Waals surface area contributed by atoms with Crippen molar-refractivity contribution >= 4 is 22.7 Å². The van der Waals surface area contributed by atoms with E-state index in [-0.39, 0.29) is 24.2 Å². The zero-order valence-corrected chi connectivity index (χ0v) is 25.4. The van der Waals surface area contributed by atoms with Crippen molar-refractivity contribution in [3.63, 3.8) is 0 Å². The van der Waals surface area contributed by atoms with Crippen molar-refractivity contribution in [1.82, 2.24) is 0 Å². The van der Waals surface area contributed by atoms with Crippen LogP contribution in [0.5, 0.6) is 46.0 Å². The lowest BCUT2D eigenvalue weighted by Crippen LogP contribution is -2.44. The summed E-state index contributed by atoms with van der Waals surface area (Å²) in [7, 11) is 11.7. The predicted octanol–water partition coefficient (Wildman–Crippen LogP) is 4.05. The number of fused-ring (bicyclic) bond motifs is 3. The van der Waals surface area contributed by atoms with E-state index in [1.165, 1.54) is 42.7 Å². The Balaban J connectivity index is 1.70. The molecule has 230 valence electrons. The topological polar surface area (TPSA) is 126 Å². The molecule has 12 nitrogen and oxygen atoms in total. The highest BCUT2D eigenvalue weighted by Gasteiger charge is 2.49. The van der Waals surface area contributed by atoms with Gasteiger partial charge < -0.3 is 47.4 Å². The van der Waals surface area contributed by atoms with E-state index in [1.54, 1.807) is 26.4 Å². The molecule has 0 radical (unpaired) electrons. The number of hydrogen-bond donors (Lipinski definition) is 0. The van der Waals surface area contributed by atoms with Gasteiger partial charge in [0.1, 0.15) is 17.1 Å². The van der Waals surface area contributed by atoms with Crippen LogP contribution < -0.4 is 37.9 Å². The Labute approximate surface area is 248 Å². The molecule has 0 aromatic heterocycles. The maximum absolute atomic E-state index is 12.9. The Morgan fingerprint density at radius 3 is 1.95 bits per heavy atom. The van der Waals surface area contributed by atoms with E-state index in [9.17, 15) is 9.59 Å². The van der Waals surface area contributed by atoms with Gasteiger partial charge in [-0.15, -0.1) is 0 Å². The predicted molar refractivity (Wildman–Crippen MR) is 153 cm³/mol. The fourth-order valence-corrected chi connectivity index (χ4v) is 5.96. The van der Waals surface area contributed by atoms with Crippen LogP contribution >= 0.6 is 0 Å². The molecule has 0 saturated carbocycles. The standard InChI is InChI=1S/C31H34O12/c1-34-18-13-19(35-2)27(38-5)23-22(18)25(37-4)17-14-31(43-26(17)29(23)40-7)10-9-15-11-16(12-20(32)36-3)21(30(33)41-8)28(39-6)24(15)42-31/h11,13H,9-10,12,14H2,1-8H3/t31-/m0/s1. The third kappa shape index (κ3) is 4.61. The Morgan fingerprint density at radius 2 is 1.37 bits per heavy atom. The third-order valence-electron chi connectivity index (χ3n) is 7.82. The second-order valence-corrected chi connectivity index (χ2v) is 9.91. The molecule has 43 heavy (non-hydrogen) atoms. The molecule has 0 saturated heterocycles. The number of carbonyl (C=O) groups is 2. The summed E-state index contributed by atoms with van der Waals surface area (Å²) < 4.78 is 57.8. The molecule has 12 heteroatoms. The fraction of sp³-hybridized carbons (Fsp3) is 0.419. The van der Waals surface area contributed by atoms with E-state index in [2.05, 4.69) is 0 Å². The van der Waals surface area contributed by atoms with Gasteiger partial charge in [-0.3, -0.25) is 4.79 Å². The van der Waals surface area contributed by atoms with E-state index >= 15 is 0 Å². The molecule has 2 aliphatic heterocycles. The lowest BCUT2D eigenvalue weighted by molar-refractivity contribution is -0.139. The highest BCUT2D eigenvalue weighted by Crippen LogP contribution is 2.59. The highest BCUT2D eigenvalue weighted by molar-refractivity contribution is 6.07. The van der Waals surface area contributed by atoms with Crippen molar-refractivity contribution in [3.05, 3.63) is 34.4 Å².